The number of alkyl halides is 3. The number of rotatable bonds is 4. The standard InChI is InChI=1S/C25H23ClF3N5O3S2/c26-17-8-13-4-5-30-11-14(13)9-18(17)32-24-31-12-16(25(27,28)29)21(33-24)19-10-20-22(38-19)23(35)34(15-2-1-3-15)6-7-39(20,36)37/h8-10,12,15,30H,1-7,11H2,(H,31,32,33). The fourth-order valence-electron chi connectivity index (χ4n) is 5.03. The van der Waals surface area contributed by atoms with E-state index in [4.69, 9.17) is 11.6 Å². The van der Waals surface area contributed by atoms with E-state index in [1.165, 1.54) is 4.90 Å². The fraction of sp³-hybridized carbons (Fsp3) is 0.400. The highest BCUT2D eigenvalue weighted by Crippen LogP contribution is 2.43. The molecule has 0 bridgehead atoms. The maximum atomic E-state index is 14.0. The van der Waals surface area contributed by atoms with Crippen molar-refractivity contribution in [2.45, 2.75) is 49.3 Å². The summed E-state index contributed by atoms with van der Waals surface area (Å²) in [4.78, 5) is 22.5. The molecule has 0 saturated heterocycles. The molecule has 39 heavy (non-hydrogen) atoms. The molecule has 3 aromatic rings. The average molecular weight is 598 g/mol. The fourth-order valence-corrected chi connectivity index (χ4v) is 8.19. The summed E-state index contributed by atoms with van der Waals surface area (Å²) in [5.41, 5.74) is 0.876. The highest BCUT2D eigenvalue weighted by Gasteiger charge is 2.40. The molecule has 1 aliphatic carbocycles. The summed E-state index contributed by atoms with van der Waals surface area (Å²) in [6.07, 6.45) is -0.857. The van der Waals surface area contributed by atoms with Gasteiger partial charge in [0.05, 0.1) is 31.9 Å². The van der Waals surface area contributed by atoms with Gasteiger partial charge in [0.15, 0.2) is 9.84 Å². The van der Waals surface area contributed by atoms with Gasteiger partial charge < -0.3 is 15.5 Å². The van der Waals surface area contributed by atoms with Crippen molar-refractivity contribution < 1.29 is 26.4 Å². The lowest BCUT2D eigenvalue weighted by Gasteiger charge is -2.36. The van der Waals surface area contributed by atoms with Crippen molar-refractivity contribution in [1.29, 1.82) is 0 Å². The third-order valence-electron chi connectivity index (χ3n) is 7.35. The van der Waals surface area contributed by atoms with Crippen LogP contribution >= 0.6 is 22.9 Å². The van der Waals surface area contributed by atoms with Crippen LogP contribution in [0.1, 0.15) is 45.6 Å². The van der Waals surface area contributed by atoms with Crippen LogP contribution in [-0.4, -0.2) is 54.1 Å². The Morgan fingerprint density at radius 2 is 1.97 bits per heavy atom. The van der Waals surface area contributed by atoms with Gasteiger partial charge in [0.25, 0.3) is 5.91 Å². The zero-order chi connectivity index (χ0) is 27.5. The van der Waals surface area contributed by atoms with E-state index in [1.807, 2.05) is 6.07 Å². The second-order valence-electron chi connectivity index (χ2n) is 9.81. The van der Waals surface area contributed by atoms with Crippen molar-refractivity contribution in [2.75, 3.05) is 24.2 Å². The van der Waals surface area contributed by atoms with Crippen LogP contribution in [0, 0.1) is 0 Å². The smallest absolute Gasteiger partial charge is 0.334 e. The molecule has 14 heteroatoms. The number of carbonyl (C=O) groups is 1. The molecule has 0 radical (unpaired) electrons. The third-order valence-corrected chi connectivity index (χ3v) is 10.6. The van der Waals surface area contributed by atoms with E-state index in [2.05, 4.69) is 20.6 Å². The normalized spacial score (nSPS) is 19.2. The van der Waals surface area contributed by atoms with Crippen LogP contribution in [0.4, 0.5) is 24.8 Å². The predicted octanol–water partition coefficient (Wildman–Crippen LogP) is 5.05. The van der Waals surface area contributed by atoms with Gasteiger partial charge in [0.2, 0.25) is 5.95 Å². The molecule has 1 fully saturated rings. The maximum Gasteiger partial charge on any atom is 0.420 e. The van der Waals surface area contributed by atoms with E-state index in [-0.39, 0.29) is 38.9 Å². The summed E-state index contributed by atoms with van der Waals surface area (Å²) in [6.45, 7) is 1.51. The van der Waals surface area contributed by atoms with Crippen molar-refractivity contribution in [1.82, 2.24) is 20.2 Å². The molecule has 2 aliphatic heterocycles. The number of nitrogens with zero attached hydrogens (tertiary/aromatic N) is 3. The van der Waals surface area contributed by atoms with Gasteiger partial charge in [-0.3, -0.25) is 4.79 Å². The summed E-state index contributed by atoms with van der Waals surface area (Å²) in [7, 11) is -3.89. The largest absolute Gasteiger partial charge is 0.420 e. The molecule has 1 aromatic carbocycles. The van der Waals surface area contributed by atoms with E-state index in [0.29, 0.717) is 34.8 Å². The Labute approximate surface area is 231 Å². The minimum Gasteiger partial charge on any atom is -0.334 e. The maximum absolute atomic E-state index is 14.0. The van der Waals surface area contributed by atoms with Gasteiger partial charge in [-0.15, -0.1) is 11.3 Å². The highest BCUT2D eigenvalue weighted by atomic mass is 35.5. The van der Waals surface area contributed by atoms with Crippen LogP contribution in [-0.2, 0) is 29.0 Å². The summed E-state index contributed by atoms with van der Waals surface area (Å²) < 4.78 is 68.2. The third kappa shape index (κ3) is 4.90. The van der Waals surface area contributed by atoms with E-state index in [1.54, 1.807) is 6.07 Å². The Morgan fingerprint density at radius 3 is 2.69 bits per heavy atom. The molecule has 6 rings (SSSR count). The van der Waals surface area contributed by atoms with Crippen molar-refractivity contribution >= 4 is 50.3 Å². The first-order chi connectivity index (χ1) is 18.5. The molecule has 2 N–H and O–H groups in total. The summed E-state index contributed by atoms with van der Waals surface area (Å²) in [6, 6.07) is 4.70. The number of anilines is 2. The minimum absolute atomic E-state index is 0.0543. The number of halogens is 4. The zero-order valence-electron chi connectivity index (χ0n) is 20.4. The lowest BCUT2D eigenvalue weighted by Crippen LogP contribution is -2.44. The first-order valence-electron chi connectivity index (χ1n) is 12.4. The number of aromatic nitrogens is 2. The molecular formula is C25H23ClF3N5O3S2. The van der Waals surface area contributed by atoms with Crippen LogP contribution in [0.25, 0.3) is 10.6 Å². The van der Waals surface area contributed by atoms with Crippen LogP contribution < -0.4 is 10.6 Å². The zero-order valence-corrected chi connectivity index (χ0v) is 22.8. The summed E-state index contributed by atoms with van der Waals surface area (Å²) >= 11 is 7.15. The van der Waals surface area contributed by atoms with Crippen molar-refractivity contribution in [2.24, 2.45) is 0 Å². The SMILES string of the molecule is O=C1c2sc(-c3nc(Nc4cc5c(cc4Cl)CCNC5)ncc3C(F)(F)F)cc2S(=O)(=O)CCN1C1CCC1. The summed E-state index contributed by atoms with van der Waals surface area (Å²) in [5, 5.41) is 6.53. The molecule has 1 saturated carbocycles. The van der Waals surface area contributed by atoms with Gasteiger partial charge in [0.1, 0.15) is 10.4 Å². The molecule has 1 amide bonds. The Hall–Kier alpha value is -2.74. The molecule has 0 unspecified atom stereocenters. The minimum atomic E-state index is -4.81. The Balaban J connectivity index is 1.42. The van der Waals surface area contributed by atoms with Gasteiger partial charge in [0, 0.05) is 25.3 Å². The van der Waals surface area contributed by atoms with Crippen LogP contribution in [0.2, 0.25) is 5.02 Å². The molecule has 0 atom stereocenters. The van der Waals surface area contributed by atoms with E-state index < -0.39 is 33.2 Å². The number of hydrogen-bond donors (Lipinski definition) is 2. The monoisotopic (exact) mass is 597 g/mol. The van der Waals surface area contributed by atoms with Gasteiger partial charge >= 0.3 is 6.18 Å². The first-order valence-corrected chi connectivity index (χ1v) is 15.3. The second kappa shape index (κ2) is 9.72. The molecule has 2 aromatic heterocycles. The number of fused-ring (bicyclic) bond motifs is 2. The number of nitrogens with one attached hydrogen (secondary N) is 2. The van der Waals surface area contributed by atoms with Crippen LogP contribution in [0.5, 0.6) is 0 Å². The first kappa shape index (κ1) is 26.5. The number of sulfone groups is 1. The van der Waals surface area contributed by atoms with E-state index >= 15 is 0 Å². The van der Waals surface area contributed by atoms with Crippen molar-refractivity contribution in [3.63, 3.8) is 0 Å². The van der Waals surface area contributed by atoms with Crippen LogP contribution in [0.15, 0.2) is 29.3 Å². The van der Waals surface area contributed by atoms with Crippen molar-refractivity contribution in [3.8, 4) is 10.6 Å². The molecule has 206 valence electrons. The number of amides is 1. The number of carbonyl (C=O) groups excluding carboxylic acids is 1. The van der Waals surface area contributed by atoms with Gasteiger partial charge in [-0.2, -0.15) is 13.2 Å². The van der Waals surface area contributed by atoms with E-state index in [0.717, 1.165) is 49.4 Å². The highest BCUT2D eigenvalue weighted by molar-refractivity contribution is 7.91. The molecule has 3 aliphatic rings. The molecule has 8 nitrogen and oxygen atoms in total. The summed E-state index contributed by atoms with van der Waals surface area (Å²) in [5.74, 6) is -0.896. The van der Waals surface area contributed by atoms with Gasteiger partial charge in [-0.25, -0.2) is 18.4 Å². The van der Waals surface area contributed by atoms with E-state index in [9.17, 15) is 26.4 Å². The Morgan fingerprint density at radius 1 is 1.18 bits per heavy atom. The Kier molecular flexibility index (Phi) is 6.60. The Bertz CT molecular complexity index is 1590. The quantitative estimate of drug-likeness (QED) is 0.434. The van der Waals surface area contributed by atoms with Gasteiger partial charge in [-0.05, 0) is 61.6 Å². The van der Waals surface area contributed by atoms with Crippen molar-refractivity contribution in [3.05, 3.63) is 51.0 Å². The number of thiophene rings is 1. The lowest BCUT2D eigenvalue weighted by molar-refractivity contribution is -0.137. The molecule has 4 heterocycles. The average Bonchev–Trinajstić information content (AvgIpc) is 3.28. The lowest BCUT2D eigenvalue weighted by atomic mass is 9.91. The van der Waals surface area contributed by atoms with Crippen LogP contribution in [0.3, 0.4) is 0 Å². The number of hydrogen-bond acceptors (Lipinski definition) is 8. The molecular weight excluding hydrogens is 575 g/mol. The molecule has 0 spiro atoms. The predicted molar refractivity (Wildman–Crippen MR) is 141 cm³/mol. The topological polar surface area (TPSA) is 104 Å². The van der Waals surface area contributed by atoms with Gasteiger partial charge in [-0.1, -0.05) is 11.6 Å². The number of benzene rings is 1. The second-order valence-corrected chi connectivity index (χ2v) is 13.3.